The third-order valence-electron chi connectivity index (χ3n) is 3.35. The lowest BCUT2D eigenvalue weighted by Crippen LogP contribution is -2.38. The molecule has 2 rings (SSSR count). The van der Waals surface area contributed by atoms with Crippen molar-refractivity contribution in [1.29, 1.82) is 0 Å². The molecule has 21 heteroatoms. The second-order valence-corrected chi connectivity index (χ2v) is 10.00. The number of hydrogen-bond acceptors (Lipinski definition) is 11. The Morgan fingerprint density at radius 3 is 2.23 bits per heavy atom. The monoisotopic (exact) mass is 503 g/mol. The molecule has 7 N–H and O–H groups in total. The maximum absolute atomic E-state index is 13.4. The molecule has 0 amide bonds. The van der Waals surface area contributed by atoms with Crippen molar-refractivity contribution in [2.24, 2.45) is 0 Å². The lowest BCUT2D eigenvalue weighted by molar-refractivity contribution is -0.0546. The Morgan fingerprint density at radius 1 is 1.07 bits per heavy atom. The van der Waals surface area contributed by atoms with Crippen LogP contribution in [0.4, 0.5) is 4.39 Å². The van der Waals surface area contributed by atoms with Gasteiger partial charge in [0.1, 0.15) is 18.3 Å². The van der Waals surface area contributed by atoms with Crippen molar-refractivity contribution in [3.8, 4) is 0 Å². The first kappa shape index (κ1) is 25.2. The number of nitrogens with zero attached hydrogens (tertiary/aromatic N) is 1. The van der Waals surface area contributed by atoms with Crippen molar-refractivity contribution in [1.82, 2.24) is 9.55 Å². The molecule has 1 aliphatic heterocycles. The van der Waals surface area contributed by atoms with Crippen LogP contribution < -0.4 is 11.2 Å². The van der Waals surface area contributed by atoms with Gasteiger partial charge >= 0.3 is 29.2 Å². The van der Waals surface area contributed by atoms with Crippen molar-refractivity contribution < 1.29 is 65.8 Å². The van der Waals surface area contributed by atoms with Crippen LogP contribution >= 0.6 is 23.5 Å². The Labute approximate surface area is 163 Å². The Balaban J connectivity index is 2.09. The second-order valence-electron chi connectivity index (χ2n) is 5.58. The topological polar surface area (TPSA) is 264 Å². The summed E-state index contributed by atoms with van der Waals surface area (Å²) >= 11 is 0. The van der Waals surface area contributed by atoms with Gasteiger partial charge in [0.05, 0.1) is 12.8 Å². The van der Waals surface area contributed by atoms with Gasteiger partial charge in [-0.25, -0.2) is 18.5 Å². The molecule has 6 atom stereocenters. The minimum Gasteiger partial charge on any atom is -0.387 e. The van der Waals surface area contributed by atoms with Crippen LogP contribution in [0.2, 0.25) is 0 Å². The summed E-state index contributed by atoms with van der Waals surface area (Å²) in [7, 11) is -16.9. The highest BCUT2D eigenvalue weighted by molar-refractivity contribution is 7.66. The number of aromatic nitrogens is 2. The van der Waals surface area contributed by atoms with Crippen molar-refractivity contribution in [2.45, 2.75) is 24.5 Å². The Kier molecular flexibility index (Phi) is 7.38. The normalized spacial score (nSPS) is 28.8. The molecule has 0 aliphatic carbocycles. The van der Waals surface area contributed by atoms with Gasteiger partial charge in [-0.15, -0.1) is 0 Å². The smallest absolute Gasteiger partial charge is 0.387 e. The molecule has 17 nitrogen and oxygen atoms in total. The molecule has 1 aliphatic rings. The van der Waals surface area contributed by atoms with Crippen molar-refractivity contribution in [2.75, 3.05) is 6.61 Å². The molecule has 0 spiro atoms. The fraction of sp³-hybridized carbons (Fsp3) is 0.556. The number of aliphatic hydroxyl groups excluding tert-OH is 2. The molecule has 1 fully saturated rings. The van der Waals surface area contributed by atoms with Gasteiger partial charge < -0.3 is 34.5 Å². The summed E-state index contributed by atoms with van der Waals surface area (Å²) in [6, 6.07) is 0. The molecule has 1 aromatic heterocycles. The lowest BCUT2D eigenvalue weighted by atomic mass is 10.1. The average Bonchev–Trinajstić information content (AvgIpc) is 2.81. The van der Waals surface area contributed by atoms with Crippen LogP contribution in [0.1, 0.15) is 6.23 Å². The number of ether oxygens (including phenoxy) is 1. The molecule has 2 heterocycles. The second kappa shape index (κ2) is 8.80. The molecular formula is C9H14FN2O15P3. The van der Waals surface area contributed by atoms with Gasteiger partial charge in [0.15, 0.2) is 6.23 Å². The lowest BCUT2D eigenvalue weighted by Gasteiger charge is -2.19. The Bertz CT molecular complexity index is 1050. The van der Waals surface area contributed by atoms with Crippen molar-refractivity contribution in [3.63, 3.8) is 0 Å². The van der Waals surface area contributed by atoms with E-state index in [1.54, 1.807) is 4.98 Å². The summed E-state index contributed by atoms with van der Waals surface area (Å²) in [6.07, 6.45) is -6.95. The summed E-state index contributed by atoms with van der Waals surface area (Å²) < 4.78 is 63.4. The summed E-state index contributed by atoms with van der Waals surface area (Å²) in [4.78, 5) is 59.5. The first-order chi connectivity index (χ1) is 13.5. The van der Waals surface area contributed by atoms with E-state index < -0.39 is 71.7 Å². The number of phosphoric ester groups is 1. The zero-order valence-electron chi connectivity index (χ0n) is 14.1. The van der Waals surface area contributed by atoms with E-state index in [9.17, 15) is 42.8 Å². The first-order valence-corrected chi connectivity index (χ1v) is 11.8. The third-order valence-corrected chi connectivity index (χ3v) is 7.16. The zero-order chi connectivity index (χ0) is 23.1. The number of nitrogens with one attached hydrogen (secondary N) is 1. The highest BCUT2D eigenvalue weighted by Gasteiger charge is 2.46. The van der Waals surface area contributed by atoms with E-state index in [1.807, 2.05) is 0 Å². The summed E-state index contributed by atoms with van der Waals surface area (Å²) in [5.74, 6) is -1.43. The molecule has 0 saturated carbocycles. The Morgan fingerprint density at radius 2 is 1.67 bits per heavy atom. The number of H-pyrrole nitrogens is 1. The van der Waals surface area contributed by atoms with Crippen molar-refractivity contribution >= 4 is 23.5 Å². The van der Waals surface area contributed by atoms with Gasteiger partial charge in [0.25, 0.3) is 5.56 Å². The first-order valence-electron chi connectivity index (χ1n) is 7.32. The highest BCUT2D eigenvalue weighted by Crippen LogP contribution is 2.66. The summed E-state index contributed by atoms with van der Waals surface area (Å²) in [5.41, 5.74) is -2.60. The highest BCUT2D eigenvalue weighted by atomic mass is 31.3. The fourth-order valence-corrected chi connectivity index (χ4v) is 5.25. The van der Waals surface area contributed by atoms with Crippen LogP contribution in [-0.4, -0.2) is 64.3 Å². The molecule has 1 saturated heterocycles. The van der Waals surface area contributed by atoms with Crippen LogP contribution in [0.25, 0.3) is 0 Å². The van der Waals surface area contributed by atoms with Gasteiger partial charge in [-0.05, 0) is 0 Å². The molecule has 30 heavy (non-hydrogen) atoms. The number of hydrogen-bond donors (Lipinski definition) is 7. The van der Waals surface area contributed by atoms with E-state index in [0.29, 0.717) is 10.8 Å². The predicted molar refractivity (Wildman–Crippen MR) is 87.0 cm³/mol. The fourth-order valence-electron chi connectivity index (χ4n) is 2.22. The third kappa shape index (κ3) is 6.45. The number of halogens is 1. The summed E-state index contributed by atoms with van der Waals surface area (Å²) in [5, 5.41) is 19.9. The minimum absolute atomic E-state index is 0.368. The van der Waals surface area contributed by atoms with Gasteiger partial charge in [-0.1, -0.05) is 0 Å². The van der Waals surface area contributed by atoms with E-state index in [2.05, 4.69) is 13.1 Å². The van der Waals surface area contributed by atoms with Gasteiger partial charge in [0.2, 0.25) is 5.82 Å². The average molecular weight is 503 g/mol. The standard InChI is InChI=1S/C9H14FN2O15P3/c10-3-1-12(9(16)11-7(3)15)8-6(14)5(13)4(25-8)2-24-29(20,21)27-30(22,23)26-28(17,18)19/h1,4-6,8,13-14H,2H2,(H,20,21)(H,22,23)(H,11,15,16)(H2,17,18,19)/t4-,5-,6-,8-/m1/s1/i9+1. The maximum atomic E-state index is 13.4. The molecule has 172 valence electrons. The predicted octanol–water partition coefficient (Wildman–Crippen LogP) is -2.36. The van der Waals surface area contributed by atoms with E-state index in [0.717, 1.165) is 0 Å². The number of aromatic amines is 1. The molecule has 1 aromatic rings. The van der Waals surface area contributed by atoms with E-state index in [-0.39, 0.29) is 0 Å². The summed E-state index contributed by atoms with van der Waals surface area (Å²) in [6.45, 7) is -1.14. The van der Waals surface area contributed by atoms with E-state index >= 15 is 0 Å². The SMILES string of the molecule is O=c1[nH][13c](=O)n([C@@H]2O[C@H](COP(=O)(O)OP(=O)(O)OP(=O)(O)O)[C@@H](O)[C@H]2O)cc1F. The molecule has 0 radical (unpaired) electrons. The molecular weight excluding hydrogens is 489 g/mol. The van der Waals surface area contributed by atoms with Gasteiger partial charge in [-0.2, -0.15) is 13.0 Å². The van der Waals surface area contributed by atoms with Crippen LogP contribution in [0.15, 0.2) is 15.8 Å². The molecule has 2 unspecified atom stereocenters. The van der Waals surface area contributed by atoms with Gasteiger partial charge in [-0.3, -0.25) is 18.9 Å². The van der Waals surface area contributed by atoms with Crippen LogP contribution in [0.5, 0.6) is 0 Å². The zero-order valence-corrected chi connectivity index (χ0v) is 16.8. The van der Waals surface area contributed by atoms with Crippen LogP contribution in [-0.2, 0) is 31.6 Å². The number of rotatable bonds is 8. The van der Waals surface area contributed by atoms with Crippen LogP contribution in [0.3, 0.4) is 0 Å². The van der Waals surface area contributed by atoms with E-state index in [1.165, 1.54) is 0 Å². The van der Waals surface area contributed by atoms with Crippen LogP contribution in [0, 0.1) is 5.82 Å². The van der Waals surface area contributed by atoms with Gasteiger partial charge in [0, 0.05) is 0 Å². The van der Waals surface area contributed by atoms with E-state index in [4.69, 9.17) is 19.4 Å². The molecule has 0 aromatic carbocycles. The van der Waals surface area contributed by atoms with Crippen molar-refractivity contribution in [3.05, 3.63) is 32.9 Å². The number of phosphoric acid groups is 3. The minimum atomic E-state index is -5.78. The Hall–Kier alpha value is -1.10. The quantitative estimate of drug-likeness (QED) is 0.183. The molecule has 0 bridgehead atoms. The maximum Gasteiger partial charge on any atom is 0.490 e. The number of aliphatic hydroxyl groups is 2. The largest absolute Gasteiger partial charge is 0.490 e.